The maximum Gasteiger partial charge on any atom is 0.230 e. The van der Waals surface area contributed by atoms with Gasteiger partial charge in [0.15, 0.2) is 0 Å². The zero-order chi connectivity index (χ0) is 22.1. The van der Waals surface area contributed by atoms with E-state index < -0.39 is 0 Å². The van der Waals surface area contributed by atoms with Crippen LogP contribution in [0, 0.1) is 11.3 Å². The van der Waals surface area contributed by atoms with Crippen molar-refractivity contribution in [3.8, 4) is 6.07 Å². The van der Waals surface area contributed by atoms with Crippen LogP contribution in [0.2, 0.25) is 0 Å². The van der Waals surface area contributed by atoms with Gasteiger partial charge in [0.1, 0.15) is 13.0 Å². The van der Waals surface area contributed by atoms with Crippen molar-refractivity contribution in [3.63, 3.8) is 0 Å². The highest BCUT2D eigenvalue weighted by atomic mass is 32.2. The molecule has 31 heavy (non-hydrogen) atoms. The number of carbonyl (C=O) groups excluding carboxylic acids is 1. The minimum atomic E-state index is -0.327. The zero-order valence-corrected chi connectivity index (χ0v) is 17.9. The summed E-state index contributed by atoms with van der Waals surface area (Å²) in [7, 11) is 2.02. The molecule has 0 bridgehead atoms. The zero-order valence-electron chi connectivity index (χ0n) is 17.1. The van der Waals surface area contributed by atoms with Crippen molar-refractivity contribution in [2.24, 2.45) is 4.99 Å². The summed E-state index contributed by atoms with van der Waals surface area (Å²) in [6.07, 6.45) is 0.507. The Balaban J connectivity index is 1.61. The first-order valence-electron chi connectivity index (χ1n) is 9.58. The van der Waals surface area contributed by atoms with Gasteiger partial charge >= 0.3 is 0 Å². The van der Waals surface area contributed by atoms with Gasteiger partial charge in [-0.2, -0.15) is 5.26 Å². The highest BCUT2D eigenvalue weighted by molar-refractivity contribution is 7.99. The number of nitriles is 1. The molecule has 8 nitrogen and oxygen atoms in total. The van der Waals surface area contributed by atoms with Gasteiger partial charge in [-0.3, -0.25) is 9.79 Å². The van der Waals surface area contributed by atoms with Crippen LogP contribution in [0.5, 0.6) is 0 Å². The Kier molecular flexibility index (Phi) is 7.79. The summed E-state index contributed by atoms with van der Waals surface area (Å²) in [5.41, 5.74) is 2.95. The lowest BCUT2D eigenvalue weighted by molar-refractivity contribution is -0.120. The molecule has 9 heteroatoms. The molecule has 158 valence electrons. The minimum Gasteiger partial charge on any atom is -0.425 e. The SMILES string of the molecule is C=Nc1ccc(N(C)c2ccccc2)cc1SCCc1nnc(CC(=O)NCC#N)o1. The fourth-order valence-electron chi connectivity index (χ4n) is 2.81. The van der Waals surface area contributed by atoms with E-state index in [0.717, 1.165) is 22.0 Å². The monoisotopic (exact) mass is 434 g/mol. The maximum atomic E-state index is 11.6. The lowest BCUT2D eigenvalue weighted by Gasteiger charge is -2.20. The molecule has 1 amide bonds. The van der Waals surface area contributed by atoms with Crippen molar-refractivity contribution in [3.05, 3.63) is 60.3 Å². The second kappa shape index (κ2) is 10.9. The molecule has 1 heterocycles. The van der Waals surface area contributed by atoms with Crippen molar-refractivity contribution in [1.29, 1.82) is 5.26 Å². The smallest absolute Gasteiger partial charge is 0.230 e. The van der Waals surface area contributed by atoms with E-state index in [4.69, 9.17) is 9.68 Å². The number of nitrogens with one attached hydrogen (secondary N) is 1. The number of para-hydroxylation sites is 1. The van der Waals surface area contributed by atoms with Gasteiger partial charge in [0.2, 0.25) is 17.7 Å². The fourth-order valence-corrected chi connectivity index (χ4v) is 3.79. The Morgan fingerprint density at radius 2 is 2.00 bits per heavy atom. The van der Waals surface area contributed by atoms with Gasteiger partial charge in [-0.1, -0.05) is 18.2 Å². The van der Waals surface area contributed by atoms with E-state index in [-0.39, 0.29) is 24.8 Å². The third-order valence-corrected chi connectivity index (χ3v) is 5.45. The van der Waals surface area contributed by atoms with E-state index in [2.05, 4.69) is 50.3 Å². The first-order chi connectivity index (χ1) is 15.1. The first-order valence-corrected chi connectivity index (χ1v) is 10.6. The molecule has 0 unspecified atom stereocenters. The predicted octanol–water partition coefficient (Wildman–Crippen LogP) is 3.69. The van der Waals surface area contributed by atoms with Crippen LogP contribution >= 0.6 is 11.8 Å². The summed E-state index contributed by atoms with van der Waals surface area (Å²) in [5.74, 6) is 1.06. The molecule has 0 saturated carbocycles. The molecule has 0 aliphatic rings. The van der Waals surface area contributed by atoms with E-state index in [0.29, 0.717) is 18.1 Å². The van der Waals surface area contributed by atoms with Crippen LogP contribution in [0.3, 0.4) is 0 Å². The maximum absolute atomic E-state index is 11.6. The molecule has 3 rings (SSSR count). The van der Waals surface area contributed by atoms with Crippen LogP contribution in [0.1, 0.15) is 11.8 Å². The van der Waals surface area contributed by atoms with E-state index >= 15 is 0 Å². The molecular weight excluding hydrogens is 412 g/mol. The number of hydrogen-bond donors (Lipinski definition) is 1. The Morgan fingerprint density at radius 1 is 1.23 bits per heavy atom. The number of rotatable bonds is 10. The van der Waals surface area contributed by atoms with Gasteiger partial charge in [0, 0.05) is 35.5 Å². The summed E-state index contributed by atoms with van der Waals surface area (Å²) in [5, 5.41) is 18.8. The van der Waals surface area contributed by atoms with Gasteiger partial charge in [-0.05, 0) is 37.0 Å². The van der Waals surface area contributed by atoms with Gasteiger partial charge in [-0.25, -0.2) is 0 Å². The van der Waals surface area contributed by atoms with Crippen LogP contribution < -0.4 is 10.2 Å². The van der Waals surface area contributed by atoms with Crippen molar-refractivity contribution in [1.82, 2.24) is 15.5 Å². The Morgan fingerprint density at radius 3 is 2.74 bits per heavy atom. The molecule has 0 radical (unpaired) electrons. The molecule has 3 aromatic rings. The number of nitrogens with zero attached hydrogens (tertiary/aromatic N) is 5. The number of aryl methyl sites for hydroxylation is 1. The second-order valence-electron chi connectivity index (χ2n) is 6.50. The van der Waals surface area contributed by atoms with E-state index in [1.807, 2.05) is 43.4 Å². The molecule has 1 aromatic heterocycles. The largest absolute Gasteiger partial charge is 0.425 e. The van der Waals surface area contributed by atoms with Crippen LogP contribution in [0.4, 0.5) is 17.1 Å². The van der Waals surface area contributed by atoms with Crippen molar-refractivity contribution < 1.29 is 9.21 Å². The average molecular weight is 435 g/mol. The number of carbonyl (C=O) groups is 1. The summed E-state index contributed by atoms with van der Waals surface area (Å²) < 4.78 is 5.53. The molecule has 0 fully saturated rings. The summed E-state index contributed by atoms with van der Waals surface area (Å²) in [6, 6.07) is 18.0. The lowest BCUT2D eigenvalue weighted by Crippen LogP contribution is -2.25. The lowest BCUT2D eigenvalue weighted by atomic mass is 10.2. The number of anilines is 2. The van der Waals surface area contributed by atoms with E-state index in [1.54, 1.807) is 11.8 Å². The summed E-state index contributed by atoms with van der Waals surface area (Å²) in [4.78, 5) is 18.9. The normalized spacial score (nSPS) is 10.3. The van der Waals surface area contributed by atoms with Crippen molar-refractivity contribution >= 4 is 41.4 Å². The van der Waals surface area contributed by atoms with Gasteiger partial charge < -0.3 is 14.6 Å². The third-order valence-electron chi connectivity index (χ3n) is 4.40. The molecule has 0 aliphatic heterocycles. The number of thioether (sulfide) groups is 1. The number of hydrogen-bond acceptors (Lipinski definition) is 8. The first kappa shape index (κ1) is 22.1. The molecule has 1 N–H and O–H groups in total. The van der Waals surface area contributed by atoms with Gasteiger partial charge in [0.05, 0.1) is 11.8 Å². The number of aliphatic imine (C=N–C) groups is 1. The van der Waals surface area contributed by atoms with Gasteiger partial charge in [0.25, 0.3) is 0 Å². The Labute approximate surface area is 185 Å². The highest BCUT2D eigenvalue weighted by Crippen LogP contribution is 2.35. The van der Waals surface area contributed by atoms with Crippen LogP contribution in [-0.2, 0) is 17.6 Å². The molecular formula is C22H22N6O2S. The number of benzene rings is 2. The Bertz CT molecular complexity index is 1080. The summed E-state index contributed by atoms with van der Waals surface area (Å²) >= 11 is 1.62. The number of aromatic nitrogens is 2. The van der Waals surface area contributed by atoms with Crippen LogP contribution in [0.25, 0.3) is 0 Å². The van der Waals surface area contributed by atoms with Crippen molar-refractivity contribution in [2.75, 3.05) is 24.2 Å². The average Bonchev–Trinajstić information content (AvgIpc) is 3.24. The standard InChI is InChI=1S/C22H22N6O2S/c1-24-18-9-8-17(28(2)16-6-4-3-5-7-16)14-19(18)31-13-10-21-26-27-22(30-21)15-20(29)25-12-11-23/h3-9,14H,1,10,12-13,15H2,2H3,(H,25,29). The third kappa shape index (κ3) is 6.17. The summed E-state index contributed by atoms with van der Waals surface area (Å²) in [6.45, 7) is 3.62. The number of amides is 1. The topological polar surface area (TPSA) is 107 Å². The van der Waals surface area contributed by atoms with E-state index in [1.165, 1.54) is 0 Å². The van der Waals surface area contributed by atoms with E-state index in [9.17, 15) is 4.79 Å². The fraction of sp³-hybridized carbons (Fsp3) is 0.227. The van der Waals surface area contributed by atoms with Gasteiger partial charge in [-0.15, -0.1) is 22.0 Å². The second-order valence-corrected chi connectivity index (χ2v) is 7.64. The molecule has 0 saturated heterocycles. The molecule has 0 spiro atoms. The van der Waals surface area contributed by atoms with Crippen LogP contribution in [-0.4, -0.2) is 42.2 Å². The quantitative estimate of drug-likeness (QED) is 0.295. The van der Waals surface area contributed by atoms with Crippen LogP contribution in [0.15, 0.2) is 62.8 Å². The predicted molar refractivity (Wildman–Crippen MR) is 121 cm³/mol. The highest BCUT2D eigenvalue weighted by Gasteiger charge is 2.12. The molecule has 0 atom stereocenters. The van der Waals surface area contributed by atoms with Crippen molar-refractivity contribution in [2.45, 2.75) is 17.7 Å². The molecule has 2 aromatic carbocycles. The Hall–Kier alpha value is -3.64. The minimum absolute atomic E-state index is 0.0414. The molecule has 0 aliphatic carbocycles.